The Morgan fingerprint density at radius 1 is 1.28 bits per heavy atom. The largest absolute Gasteiger partial charge is 0.445 e. The minimum Gasteiger partial charge on any atom is -0.352 e. The smallest absolute Gasteiger partial charge is 0.352 e. The van der Waals surface area contributed by atoms with Crippen LogP contribution in [0.1, 0.15) is 23.7 Å². The van der Waals surface area contributed by atoms with Gasteiger partial charge in [-0.25, -0.2) is 0 Å². The number of aromatic nitrogens is 3. The van der Waals surface area contributed by atoms with Crippen LogP contribution in [0.3, 0.4) is 0 Å². The van der Waals surface area contributed by atoms with E-state index in [1.807, 2.05) is 6.07 Å². The van der Waals surface area contributed by atoms with Crippen LogP contribution in [-0.4, -0.2) is 15.2 Å². The molecule has 0 saturated carbocycles. The highest BCUT2D eigenvalue weighted by Crippen LogP contribution is 2.33. The molecule has 2 aromatic rings. The lowest BCUT2D eigenvalue weighted by Gasteiger charge is -2.11. The van der Waals surface area contributed by atoms with E-state index in [2.05, 4.69) is 20.5 Å². The van der Waals surface area contributed by atoms with E-state index < -0.39 is 11.2 Å². The Hall–Kier alpha value is -1.70. The van der Waals surface area contributed by atoms with Crippen molar-refractivity contribution >= 4 is 16.5 Å². The number of hydrogen-bond acceptors (Lipinski definition) is 5. The average molecular weight is 274 g/mol. The number of halogens is 3. The molecule has 1 unspecified atom stereocenters. The number of rotatable bonds is 3. The molecule has 1 N–H and O–H groups in total. The van der Waals surface area contributed by atoms with Gasteiger partial charge in [0.15, 0.2) is 0 Å². The topological polar surface area (TPSA) is 50.7 Å². The van der Waals surface area contributed by atoms with E-state index in [-0.39, 0.29) is 11.2 Å². The summed E-state index contributed by atoms with van der Waals surface area (Å²) >= 11 is 0.477. The highest BCUT2D eigenvalue weighted by molar-refractivity contribution is 7.15. The van der Waals surface area contributed by atoms with Gasteiger partial charge < -0.3 is 5.32 Å². The summed E-state index contributed by atoms with van der Waals surface area (Å²) in [5.74, 6) is 0. The van der Waals surface area contributed by atoms with Crippen LogP contribution in [0.25, 0.3) is 0 Å². The van der Waals surface area contributed by atoms with Crippen molar-refractivity contribution in [3.63, 3.8) is 0 Å². The van der Waals surface area contributed by atoms with E-state index in [1.54, 1.807) is 25.3 Å². The number of hydrogen-bond donors (Lipinski definition) is 1. The molecule has 0 aliphatic heterocycles. The second kappa shape index (κ2) is 4.89. The molecule has 18 heavy (non-hydrogen) atoms. The Morgan fingerprint density at radius 2 is 2.06 bits per heavy atom. The molecule has 0 saturated heterocycles. The normalized spacial score (nSPS) is 13.3. The van der Waals surface area contributed by atoms with Crippen LogP contribution < -0.4 is 5.32 Å². The maximum absolute atomic E-state index is 12.3. The van der Waals surface area contributed by atoms with Gasteiger partial charge in [-0.3, -0.25) is 4.98 Å². The summed E-state index contributed by atoms with van der Waals surface area (Å²) in [6.45, 7) is 1.79. The predicted octanol–water partition coefficient (Wildman–Crippen LogP) is 3.13. The van der Waals surface area contributed by atoms with Gasteiger partial charge in [-0.1, -0.05) is 17.4 Å². The van der Waals surface area contributed by atoms with Gasteiger partial charge >= 0.3 is 6.18 Å². The molecule has 1 atom stereocenters. The number of pyridine rings is 1. The van der Waals surface area contributed by atoms with Crippen LogP contribution in [0.5, 0.6) is 0 Å². The third-order valence-corrected chi connectivity index (χ3v) is 3.04. The van der Waals surface area contributed by atoms with E-state index in [9.17, 15) is 13.2 Å². The van der Waals surface area contributed by atoms with E-state index >= 15 is 0 Å². The zero-order chi connectivity index (χ0) is 13.2. The lowest BCUT2D eigenvalue weighted by Crippen LogP contribution is -2.07. The van der Waals surface area contributed by atoms with Crippen molar-refractivity contribution in [1.29, 1.82) is 0 Å². The first-order valence-corrected chi connectivity index (χ1v) is 5.86. The first-order chi connectivity index (χ1) is 8.47. The molecule has 8 heteroatoms. The van der Waals surface area contributed by atoms with Crippen LogP contribution in [0.2, 0.25) is 0 Å². The van der Waals surface area contributed by atoms with Crippen molar-refractivity contribution in [2.45, 2.75) is 19.1 Å². The first kappa shape index (κ1) is 12.7. The summed E-state index contributed by atoms with van der Waals surface area (Å²) in [5, 5.41) is 8.55. The number of anilines is 1. The minimum absolute atomic E-state index is 0.125. The SMILES string of the molecule is CC(Nc1nnc(C(F)(F)F)s1)c1ccccn1. The monoisotopic (exact) mass is 274 g/mol. The van der Waals surface area contributed by atoms with Gasteiger partial charge in [-0.2, -0.15) is 13.2 Å². The minimum atomic E-state index is -4.45. The molecule has 0 aromatic carbocycles. The predicted molar refractivity (Wildman–Crippen MR) is 61.2 cm³/mol. The fourth-order valence-corrected chi connectivity index (χ4v) is 1.99. The van der Waals surface area contributed by atoms with Gasteiger partial charge in [-0.05, 0) is 19.1 Å². The van der Waals surface area contributed by atoms with Crippen molar-refractivity contribution in [3.8, 4) is 0 Å². The molecule has 4 nitrogen and oxygen atoms in total. The summed E-state index contributed by atoms with van der Waals surface area (Å²) in [5.41, 5.74) is 0.723. The average Bonchev–Trinajstić information content (AvgIpc) is 2.78. The molecular weight excluding hydrogens is 265 g/mol. The molecule has 0 radical (unpaired) electrons. The van der Waals surface area contributed by atoms with Crippen molar-refractivity contribution in [2.75, 3.05) is 5.32 Å². The van der Waals surface area contributed by atoms with E-state index in [0.717, 1.165) is 5.69 Å². The van der Waals surface area contributed by atoms with Crippen molar-refractivity contribution in [1.82, 2.24) is 15.2 Å². The fourth-order valence-electron chi connectivity index (χ4n) is 1.29. The summed E-state index contributed by atoms with van der Waals surface area (Å²) < 4.78 is 37.0. The summed E-state index contributed by atoms with van der Waals surface area (Å²) in [7, 11) is 0. The molecule has 0 aliphatic carbocycles. The Balaban J connectivity index is 2.08. The molecule has 0 amide bonds. The van der Waals surface area contributed by atoms with Crippen LogP contribution >= 0.6 is 11.3 Å². The first-order valence-electron chi connectivity index (χ1n) is 5.05. The maximum atomic E-state index is 12.3. The molecule has 2 aromatic heterocycles. The highest BCUT2D eigenvalue weighted by atomic mass is 32.1. The molecule has 2 rings (SSSR count). The zero-order valence-corrected chi connectivity index (χ0v) is 10.1. The van der Waals surface area contributed by atoms with Crippen molar-refractivity contribution < 1.29 is 13.2 Å². The van der Waals surface area contributed by atoms with Gasteiger partial charge in [0.2, 0.25) is 10.1 Å². The van der Waals surface area contributed by atoms with Crippen LogP contribution in [0.4, 0.5) is 18.3 Å². The van der Waals surface area contributed by atoms with Gasteiger partial charge in [-0.15, -0.1) is 10.2 Å². The van der Waals surface area contributed by atoms with Crippen LogP contribution in [0.15, 0.2) is 24.4 Å². The second-order valence-electron chi connectivity index (χ2n) is 3.53. The molecule has 0 aliphatic rings. The Kier molecular flexibility index (Phi) is 3.46. The van der Waals surface area contributed by atoms with E-state index in [1.165, 1.54) is 0 Å². The number of nitrogens with zero attached hydrogens (tertiary/aromatic N) is 3. The molecular formula is C10H9F3N4S. The number of alkyl halides is 3. The Bertz CT molecular complexity index is 511. The standard InChI is InChI=1S/C10H9F3N4S/c1-6(7-4-2-3-5-14-7)15-9-17-16-8(18-9)10(11,12)13/h2-6H,1H3,(H,15,17). The molecule has 96 valence electrons. The lowest BCUT2D eigenvalue weighted by molar-refractivity contribution is -0.138. The van der Waals surface area contributed by atoms with Gasteiger partial charge in [0.1, 0.15) is 0 Å². The third-order valence-electron chi connectivity index (χ3n) is 2.14. The van der Waals surface area contributed by atoms with E-state index in [4.69, 9.17) is 0 Å². The Labute approximate surface area is 105 Å². The molecule has 0 spiro atoms. The summed E-state index contributed by atoms with van der Waals surface area (Å²) in [6.07, 6.45) is -2.83. The fraction of sp³-hybridized carbons (Fsp3) is 0.300. The summed E-state index contributed by atoms with van der Waals surface area (Å²) in [6, 6.07) is 5.12. The summed E-state index contributed by atoms with van der Waals surface area (Å²) in [4.78, 5) is 4.10. The molecule has 2 heterocycles. The van der Waals surface area contributed by atoms with Crippen LogP contribution in [0, 0.1) is 0 Å². The molecule has 0 fully saturated rings. The van der Waals surface area contributed by atoms with Crippen molar-refractivity contribution in [3.05, 3.63) is 35.1 Å². The Morgan fingerprint density at radius 3 is 2.61 bits per heavy atom. The second-order valence-corrected chi connectivity index (χ2v) is 4.51. The lowest BCUT2D eigenvalue weighted by atomic mass is 10.2. The maximum Gasteiger partial charge on any atom is 0.445 e. The zero-order valence-electron chi connectivity index (χ0n) is 9.27. The third kappa shape index (κ3) is 2.95. The highest BCUT2D eigenvalue weighted by Gasteiger charge is 2.35. The van der Waals surface area contributed by atoms with Gasteiger partial charge in [0.25, 0.3) is 0 Å². The quantitative estimate of drug-likeness (QED) is 0.934. The van der Waals surface area contributed by atoms with Gasteiger partial charge in [0.05, 0.1) is 11.7 Å². The number of nitrogens with one attached hydrogen (secondary N) is 1. The van der Waals surface area contributed by atoms with Crippen LogP contribution in [-0.2, 0) is 6.18 Å². The van der Waals surface area contributed by atoms with Crippen molar-refractivity contribution in [2.24, 2.45) is 0 Å². The van der Waals surface area contributed by atoms with E-state index in [0.29, 0.717) is 11.3 Å². The van der Waals surface area contributed by atoms with Gasteiger partial charge in [0, 0.05) is 6.20 Å². The molecule has 0 bridgehead atoms.